The van der Waals surface area contributed by atoms with E-state index in [0.717, 1.165) is 11.1 Å². The van der Waals surface area contributed by atoms with Crippen LogP contribution in [-0.4, -0.2) is 28.5 Å². The number of rotatable bonds is 8. The topological polar surface area (TPSA) is 84.5 Å². The fraction of sp³-hybridized carbons (Fsp3) is 0.211. The van der Waals surface area contributed by atoms with Gasteiger partial charge in [-0.3, -0.25) is 4.79 Å². The first-order chi connectivity index (χ1) is 12.4. The highest BCUT2D eigenvalue weighted by atomic mass is 32.2. The van der Waals surface area contributed by atoms with E-state index in [2.05, 4.69) is 10.0 Å². The molecular weight excluding hydrogens is 352 g/mol. The summed E-state index contributed by atoms with van der Waals surface area (Å²) in [6.07, 6.45) is 3.14. The van der Waals surface area contributed by atoms with Gasteiger partial charge >= 0.3 is 0 Å². The Morgan fingerprint density at radius 1 is 1.08 bits per heavy atom. The van der Waals surface area contributed by atoms with Gasteiger partial charge in [0.2, 0.25) is 15.9 Å². The molecule has 0 bridgehead atoms. The minimum Gasteiger partial charge on any atom is -0.496 e. The van der Waals surface area contributed by atoms with Crippen molar-refractivity contribution in [3.63, 3.8) is 0 Å². The molecule has 0 saturated carbocycles. The lowest BCUT2D eigenvalue weighted by atomic mass is 10.1. The summed E-state index contributed by atoms with van der Waals surface area (Å²) in [6, 6.07) is 14.5. The van der Waals surface area contributed by atoms with Gasteiger partial charge in [0.15, 0.2) is 0 Å². The third-order valence-corrected chi connectivity index (χ3v) is 5.05. The molecule has 1 amide bonds. The standard InChI is InChI=1S/C19H22N2O4S/c1-20-26(23,24)14-16-9-7-15(8-10-16)13-21-19(22)12-11-17-5-3-4-6-18(17)25-2/h3-12,20H,13-14H2,1-2H3,(H,21,22)/b12-11+. The van der Waals surface area contributed by atoms with E-state index < -0.39 is 10.0 Å². The van der Waals surface area contributed by atoms with Crippen molar-refractivity contribution in [2.45, 2.75) is 12.3 Å². The predicted molar refractivity (Wildman–Crippen MR) is 102 cm³/mol. The molecule has 2 aromatic carbocycles. The summed E-state index contributed by atoms with van der Waals surface area (Å²) in [6.45, 7) is 0.355. The number of carbonyl (C=O) groups is 1. The first-order valence-corrected chi connectivity index (χ1v) is 9.66. The van der Waals surface area contributed by atoms with Gasteiger partial charge in [-0.1, -0.05) is 42.5 Å². The van der Waals surface area contributed by atoms with E-state index in [9.17, 15) is 13.2 Å². The Bertz CT molecular complexity index is 875. The summed E-state index contributed by atoms with van der Waals surface area (Å²) in [5, 5.41) is 2.79. The number of benzene rings is 2. The summed E-state index contributed by atoms with van der Waals surface area (Å²) < 4.78 is 30.5. The van der Waals surface area contributed by atoms with Gasteiger partial charge < -0.3 is 10.1 Å². The van der Waals surface area contributed by atoms with E-state index in [1.807, 2.05) is 24.3 Å². The molecule has 6 nitrogen and oxygen atoms in total. The molecule has 0 aliphatic heterocycles. The van der Waals surface area contributed by atoms with Gasteiger partial charge in [-0.25, -0.2) is 13.1 Å². The Morgan fingerprint density at radius 2 is 1.73 bits per heavy atom. The van der Waals surface area contributed by atoms with Gasteiger partial charge in [0.1, 0.15) is 5.75 Å². The second-order valence-corrected chi connectivity index (χ2v) is 7.50. The third-order valence-electron chi connectivity index (χ3n) is 3.71. The number of sulfonamides is 1. The lowest BCUT2D eigenvalue weighted by molar-refractivity contribution is -0.116. The summed E-state index contributed by atoms with van der Waals surface area (Å²) in [4.78, 5) is 12.0. The monoisotopic (exact) mass is 374 g/mol. The maximum Gasteiger partial charge on any atom is 0.244 e. The van der Waals surface area contributed by atoms with E-state index in [0.29, 0.717) is 17.9 Å². The average Bonchev–Trinajstić information content (AvgIpc) is 2.65. The average molecular weight is 374 g/mol. The van der Waals surface area contributed by atoms with Crippen LogP contribution in [0, 0.1) is 0 Å². The first-order valence-electron chi connectivity index (χ1n) is 8.01. The van der Waals surface area contributed by atoms with Crippen molar-refractivity contribution in [2.75, 3.05) is 14.2 Å². The number of hydrogen-bond donors (Lipinski definition) is 2. The van der Waals surface area contributed by atoms with Crippen LogP contribution in [0.1, 0.15) is 16.7 Å². The highest BCUT2D eigenvalue weighted by Gasteiger charge is 2.08. The zero-order valence-electron chi connectivity index (χ0n) is 14.7. The number of methoxy groups -OCH3 is 1. The zero-order chi connectivity index (χ0) is 19.0. The van der Waals surface area contributed by atoms with Crippen LogP contribution in [0.5, 0.6) is 5.75 Å². The van der Waals surface area contributed by atoms with E-state index >= 15 is 0 Å². The van der Waals surface area contributed by atoms with E-state index in [-0.39, 0.29) is 11.7 Å². The molecule has 2 aromatic rings. The summed E-state index contributed by atoms with van der Waals surface area (Å²) in [5.74, 6) is 0.402. The number of para-hydroxylation sites is 1. The second-order valence-electron chi connectivity index (χ2n) is 5.57. The van der Waals surface area contributed by atoms with Crippen molar-refractivity contribution in [1.29, 1.82) is 0 Å². The molecule has 0 unspecified atom stereocenters. The Balaban J connectivity index is 1.90. The van der Waals surface area contributed by atoms with Crippen molar-refractivity contribution in [3.05, 3.63) is 71.3 Å². The van der Waals surface area contributed by atoms with Gasteiger partial charge in [0, 0.05) is 18.2 Å². The van der Waals surface area contributed by atoms with Crippen LogP contribution < -0.4 is 14.8 Å². The molecule has 0 saturated heterocycles. The van der Waals surface area contributed by atoms with Gasteiger partial charge in [-0.15, -0.1) is 0 Å². The number of carbonyl (C=O) groups excluding carboxylic acids is 1. The molecule has 0 fully saturated rings. The zero-order valence-corrected chi connectivity index (χ0v) is 15.5. The highest BCUT2D eigenvalue weighted by Crippen LogP contribution is 2.18. The van der Waals surface area contributed by atoms with E-state index in [4.69, 9.17) is 4.74 Å². The lowest BCUT2D eigenvalue weighted by Crippen LogP contribution is -2.21. The first kappa shape index (κ1) is 19.7. The number of ether oxygens (including phenoxy) is 1. The molecule has 0 heterocycles. The minimum absolute atomic E-state index is 0.0716. The van der Waals surface area contributed by atoms with Crippen LogP contribution in [0.4, 0.5) is 0 Å². The van der Waals surface area contributed by atoms with Crippen molar-refractivity contribution in [3.8, 4) is 5.75 Å². The van der Waals surface area contributed by atoms with Crippen LogP contribution in [0.3, 0.4) is 0 Å². The lowest BCUT2D eigenvalue weighted by Gasteiger charge is -2.06. The minimum atomic E-state index is -3.29. The summed E-state index contributed by atoms with van der Waals surface area (Å²) >= 11 is 0. The molecule has 0 radical (unpaired) electrons. The quantitative estimate of drug-likeness (QED) is 0.693. The van der Waals surface area contributed by atoms with Crippen molar-refractivity contribution in [2.24, 2.45) is 0 Å². The Hall–Kier alpha value is -2.64. The second kappa shape index (κ2) is 9.17. The molecule has 0 atom stereocenters. The Kier molecular flexibility index (Phi) is 6.94. The molecule has 0 aromatic heterocycles. The molecule has 138 valence electrons. The van der Waals surface area contributed by atoms with Crippen molar-refractivity contribution >= 4 is 22.0 Å². The third kappa shape index (κ3) is 6.02. The molecule has 2 rings (SSSR count). The SMILES string of the molecule is CNS(=O)(=O)Cc1ccc(CNC(=O)/C=C/c2ccccc2OC)cc1. The molecule has 0 aliphatic carbocycles. The predicted octanol–water partition coefficient (Wildman–Crippen LogP) is 2.07. The van der Waals surface area contributed by atoms with Gasteiger partial charge in [-0.05, 0) is 30.3 Å². The smallest absolute Gasteiger partial charge is 0.244 e. The van der Waals surface area contributed by atoms with Crippen molar-refractivity contribution < 1.29 is 17.9 Å². The maximum atomic E-state index is 12.0. The fourth-order valence-corrected chi connectivity index (χ4v) is 3.04. The van der Waals surface area contributed by atoms with Gasteiger partial charge in [0.05, 0.1) is 12.9 Å². The molecule has 7 heteroatoms. The highest BCUT2D eigenvalue weighted by molar-refractivity contribution is 7.88. The van der Waals surface area contributed by atoms with Crippen LogP contribution in [0.25, 0.3) is 6.08 Å². The number of hydrogen-bond acceptors (Lipinski definition) is 4. The van der Waals surface area contributed by atoms with E-state index in [1.165, 1.54) is 13.1 Å². The molecular formula is C19H22N2O4S. The molecule has 2 N–H and O–H groups in total. The van der Waals surface area contributed by atoms with Crippen LogP contribution >= 0.6 is 0 Å². The Morgan fingerprint density at radius 3 is 2.38 bits per heavy atom. The van der Waals surface area contributed by atoms with E-state index in [1.54, 1.807) is 37.5 Å². The summed E-state index contributed by atoms with van der Waals surface area (Å²) in [7, 11) is -0.321. The normalized spacial score (nSPS) is 11.5. The van der Waals surface area contributed by atoms with Crippen LogP contribution in [0.15, 0.2) is 54.6 Å². The number of nitrogens with one attached hydrogen (secondary N) is 2. The fourth-order valence-electron chi connectivity index (χ4n) is 2.26. The maximum absolute atomic E-state index is 12.0. The number of amides is 1. The molecule has 0 spiro atoms. The largest absolute Gasteiger partial charge is 0.496 e. The van der Waals surface area contributed by atoms with Gasteiger partial charge in [-0.2, -0.15) is 0 Å². The summed E-state index contributed by atoms with van der Waals surface area (Å²) in [5.41, 5.74) is 2.39. The Labute approximate surface area is 153 Å². The molecule has 26 heavy (non-hydrogen) atoms. The van der Waals surface area contributed by atoms with Crippen LogP contribution in [-0.2, 0) is 27.1 Å². The molecule has 0 aliphatic rings. The van der Waals surface area contributed by atoms with Crippen LogP contribution in [0.2, 0.25) is 0 Å². The van der Waals surface area contributed by atoms with Crippen molar-refractivity contribution in [1.82, 2.24) is 10.0 Å². The van der Waals surface area contributed by atoms with Gasteiger partial charge in [0.25, 0.3) is 0 Å².